The SMILES string of the molecule is Cc1cccc(S(=O)(=O)NC(=O)c2cc(C)n(C(C)c3ccccc3)c2C)c1. The van der Waals surface area contributed by atoms with E-state index in [4.69, 9.17) is 0 Å². The van der Waals surface area contributed by atoms with E-state index < -0.39 is 15.9 Å². The first-order valence-electron chi connectivity index (χ1n) is 9.08. The zero-order chi connectivity index (χ0) is 20.5. The molecule has 28 heavy (non-hydrogen) atoms. The van der Waals surface area contributed by atoms with Crippen molar-refractivity contribution in [3.63, 3.8) is 0 Å². The average Bonchev–Trinajstić information content (AvgIpc) is 2.96. The highest BCUT2D eigenvalue weighted by molar-refractivity contribution is 7.90. The Hall–Kier alpha value is -2.86. The Balaban J connectivity index is 1.91. The number of rotatable bonds is 5. The van der Waals surface area contributed by atoms with Gasteiger partial charge in [0.1, 0.15) is 0 Å². The Morgan fingerprint density at radius 1 is 0.964 bits per heavy atom. The van der Waals surface area contributed by atoms with Gasteiger partial charge < -0.3 is 4.57 Å². The molecule has 0 aliphatic heterocycles. The van der Waals surface area contributed by atoms with Crippen LogP contribution in [-0.4, -0.2) is 18.9 Å². The van der Waals surface area contributed by atoms with Crippen molar-refractivity contribution in [2.24, 2.45) is 0 Å². The minimum Gasteiger partial charge on any atom is -0.341 e. The molecule has 5 nitrogen and oxygen atoms in total. The number of nitrogens with one attached hydrogen (secondary N) is 1. The Labute approximate surface area is 166 Å². The molecule has 3 aromatic rings. The summed E-state index contributed by atoms with van der Waals surface area (Å²) in [7, 11) is -3.93. The summed E-state index contributed by atoms with van der Waals surface area (Å²) in [6.45, 7) is 7.61. The average molecular weight is 397 g/mol. The molecule has 0 saturated carbocycles. The minimum atomic E-state index is -3.93. The van der Waals surface area contributed by atoms with E-state index in [1.54, 1.807) is 25.1 Å². The molecule has 1 aromatic heterocycles. The topological polar surface area (TPSA) is 68.2 Å². The molecule has 0 saturated heterocycles. The van der Waals surface area contributed by atoms with E-state index in [9.17, 15) is 13.2 Å². The summed E-state index contributed by atoms with van der Waals surface area (Å²) in [5, 5.41) is 0. The zero-order valence-electron chi connectivity index (χ0n) is 16.4. The van der Waals surface area contributed by atoms with Crippen molar-refractivity contribution in [3.05, 3.63) is 88.7 Å². The number of aromatic nitrogens is 1. The molecule has 1 heterocycles. The molecule has 6 heteroatoms. The molecule has 0 aliphatic carbocycles. The van der Waals surface area contributed by atoms with Crippen molar-refractivity contribution in [3.8, 4) is 0 Å². The molecule has 1 atom stereocenters. The number of carbonyl (C=O) groups excluding carboxylic acids is 1. The number of benzene rings is 2. The molecule has 3 rings (SSSR count). The van der Waals surface area contributed by atoms with Crippen molar-refractivity contribution < 1.29 is 13.2 Å². The van der Waals surface area contributed by atoms with Crippen LogP contribution in [0.5, 0.6) is 0 Å². The van der Waals surface area contributed by atoms with Crippen LogP contribution in [0, 0.1) is 20.8 Å². The molecular weight excluding hydrogens is 372 g/mol. The summed E-state index contributed by atoms with van der Waals surface area (Å²) in [5.74, 6) is -0.624. The molecule has 146 valence electrons. The summed E-state index contributed by atoms with van der Waals surface area (Å²) in [5.41, 5.74) is 3.91. The van der Waals surface area contributed by atoms with Crippen LogP contribution in [0.25, 0.3) is 0 Å². The number of carbonyl (C=O) groups is 1. The van der Waals surface area contributed by atoms with Crippen molar-refractivity contribution >= 4 is 15.9 Å². The van der Waals surface area contributed by atoms with E-state index in [-0.39, 0.29) is 10.9 Å². The van der Waals surface area contributed by atoms with Crippen LogP contribution in [0.2, 0.25) is 0 Å². The second-order valence-corrected chi connectivity index (χ2v) is 8.67. The minimum absolute atomic E-state index is 0.0242. The second kappa shape index (κ2) is 7.64. The summed E-state index contributed by atoms with van der Waals surface area (Å²) in [6.07, 6.45) is 0. The maximum Gasteiger partial charge on any atom is 0.266 e. The highest BCUT2D eigenvalue weighted by Gasteiger charge is 2.24. The van der Waals surface area contributed by atoms with Crippen LogP contribution >= 0.6 is 0 Å². The molecule has 0 bridgehead atoms. The van der Waals surface area contributed by atoms with Gasteiger partial charge in [0.05, 0.1) is 16.5 Å². The number of nitrogens with zero attached hydrogens (tertiary/aromatic N) is 1. The van der Waals surface area contributed by atoms with E-state index >= 15 is 0 Å². The van der Waals surface area contributed by atoms with E-state index in [2.05, 4.69) is 11.6 Å². The Kier molecular flexibility index (Phi) is 5.42. The third kappa shape index (κ3) is 3.87. The first-order valence-corrected chi connectivity index (χ1v) is 10.6. The molecule has 0 spiro atoms. The van der Waals surface area contributed by atoms with Gasteiger partial charge in [-0.3, -0.25) is 4.79 Å². The van der Waals surface area contributed by atoms with Crippen molar-refractivity contribution in [1.82, 2.24) is 9.29 Å². The summed E-state index contributed by atoms with van der Waals surface area (Å²) in [6, 6.07) is 18.2. The maximum absolute atomic E-state index is 12.8. The van der Waals surface area contributed by atoms with Crippen molar-refractivity contribution in [1.29, 1.82) is 0 Å². The van der Waals surface area contributed by atoms with Gasteiger partial charge in [-0.25, -0.2) is 13.1 Å². The first kappa shape index (κ1) is 19.9. The van der Waals surface area contributed by atoms with Gasteiger partial charge >= 0.3 is 0 Å². The van der Waals surface area contributed by atoms with Gasteiger partial charge in [-0.2, -0.15) is 0 Å². The van der Waals surface area contributed by atoms with Crippen LogP contribution in [-0.2, 0) is 10.0 Å². The Morgan fingerprint density at radius 2 is 1.64 bits per heavy atom. The molecule has 2 aromatic carbocycles. The Morgan fingerprint density at radius 3 is 2.29 bits per heavy atom. The van der Waals surface area contributed by atoms with E-state index in [1.807, 2.05) is 48.7 Å². The van der Waals surface area contributed by atoms with Gasteiger partial charge in [-0.05, 0) is 57.0 Å². The first-order chi connectivity index (χ1) is 13.2. The number of hydrogen-bond acceptors (Lipinski definition) is 3. The predicted octanol–water partition coefficient (Wildman–Crippen LogP) is 4.14. The van der Waals surface area contributed by atoms with Gasteiger partial charge in [0.25, 0.3) is 15.9 Å². The maximum atomic E-state index is 12.8. The van der Waals surface area contributed by atoms with Crippen LogP contribution in [0.3, 0.4) is 0 Å². The third-order valence-corrected chi connectivity index (χ3v) is 6.25. The number of hydrogen-bond donors (Lipinski definition) is 1. The van der Waals surface area contributed by atoms with Gasteiger partial charge in [-0.1, -0.05) is 42.5 Å². The lowest BCUT2D eigenvalue weighted by atomic mass is 10.1. The van der Waals surface area contributed by atoms with Crippen LogP contribution in [0.4, 0.5) is 0 Å². The molecule has 0 radical (unpaired) electrons. The molecular formula is C22H24N2O3S. The lowest BCUT2D eigenvalue weighted by molar-refractivity contribution is 0.0980. The molecule has 0 aliphatic rings. The molecule has 1 amide bonds. The number of amides is 1. The highest BCUT2D eigenvalue weighted by atomic mass is 32.2. The molecule has 0 fully saturated rings. The quantitative estimate of drug-likeness (QED) is 0.705. The lowest BCUT2D eigenvalue weighted by Crippen LogP contribution is -2.31. The third-order valence-electron chi connectivity index (χ3n) is 4.93. The summed E-state index contributed by atoms with van der Waals surface area (Å²) >= 11 is 0. The van der Waals surface area contributed by atoms with E-state index in [1.165, 1.54) is 12.1 Å². The number of sulfonamides is 1. The smallest absolute Gasteiger partial charge is 0.266 e. The van der Waals surface area contributed by atoms with Crippen molar-refractivity contribution in [2.75, 3.05) is 0 Å². The monoisotopic (exact) mass is 396 g/mol. The van der Waals surface area contributed by atoms with Crippen LogP contribution < -0.4 is 4.72 Å². The fourth-order valence-electron chi connectivity index (χ4n) is 3.50. The summed E-state index contributed by atoms with van der Waals surface area (Å²) in [4.78, 5) is 12.8. The molecule has 1 unspecified atom stereocenters. The standard InChI is InChI=1S/C22H24N2O3S/c1-15-9-8-12-20(13-15)28(26,27)23-22(25)21-14-16(2)24(18(21)4)17(3)19-10-6-5-7-11-19/h5-14,17H,1-4H3,(H,23,25). The Bertz CT molecular complexity index is 1120. The zero-order valence-corrected chi connectivity index (χ0v) is 17.2. The van der Waals surface area contributed by atoms with Gasteiger partial charge in [0.2, 0.25) is 0 Å². The largest absolute Gasteiger partial charge is 0.341 e. The lowest BCUT2D eigenvalue weighted by Gasteiger charge is -2.19. The van der Waals surface area contributed by atoms with Crippen LogP contribution in [0.15, 0.2) is 65.6 Å². The van der Waals surface area contributed by atoms with Crippen LogP contribution in [0.1, 0.15) is 45.8 Å². The van der Waals surface area contributed by atoms with Gasteiger partial charge in [-0.15, -0.1) is 0 Å². The fraction of sp³-hybridized carbons (Fsp3) is 0.227. The predicted molar refractivity (Wildman–Crippen MR) is 110 cm³/mol. The highest BCUT2D eigenvalue weighted by Crippen LogP contribution is 2.25. The van der Waals surface area contributed by atoms with E-state index in [0.29, 0.717) is 5.56 Å². The second-order valence-electron chi connectivity index (χ2n) is 6.99. The molecule has 1 N–H and O–H groups in total. The summed E-state index contributed by atoms with van der Waals surface area (Å²) < 4.78 is 29.4. The van der Waals surface area contributed by atoms with Gasteiger partial charge in [0, 0.05) is 11.4 Å². The van der Waals surface area contributed by atoms with Gasteiger partial charge in [0.15, 0.2) is 0 Å². The number of aryl methyl sites for hydroxylation is 2. The van der Waals surface area contributed by atoms with E-state index in [0.717, 1.165) is 22.5 Å². The normalized spacial score (nSPS) is 12.6. The van der Waals surface area contributed by atoms with Crippen molar-refractivity contribution in [2.45, 2.75) is 38.6 Å². The fourth-order valence-corrected chi connectivity index (χ4v) is 4.57.